The Bertz CT molecular complexity index is 873. The van der Waals surface area contributed by atoms with Crippen molar-refractivity contribution in [1.29, 1.82) is 0 Å². The van der Waals surface area contributed by atoms with Crippen molar-refractivity contribution in [2.75, 3.05) is 31.6 Å². The third kappa shape index (κ3) is 6.57. The topological polar surface area (TPSA) is 80.6 Å². The number of hydrogen-bond acceptors (Lipinski definition) is 5. The van der Waals surface area contributed by atoms with E-state index in [1.165, 1.54) is 12.1 Å². The molecule has 0 radical (unpaired) electrons. The molecule has 0 fully saturated rings. The molecule has 0 saturated carbocycles. The first-order valence-corrected chi connectivity index (χ1v) is 9.81. The van der Waals surface area contributed by atoms with E-state index < -0.39 is 0 Å². The largest absolute Gasteiger partial charge is 0.461 e. The van der Waals surface area contributed by atoms with Crippen LogP contribution in [0.1, 0.15) is 35.6 Å². The molecule has 0 aliphatic heterocycles. The molecular formula is C22H29N3O4. The minimum absolute atomic E-state index is 0.0729. The number of anilines is 1. The van der Waals surface area contributed by atoms with Crippen molar-refractivity contribution in [1.82, 2.24) is 9.47 Å². The van der Waals surface area contributed by atoms with E-state index >= 15 is 0 Å². The molecule has 7 nitrogen and oxygen atoms in total. The Morgan fingerprint density at radius 3 is 2.17 bits per heavy atom. The minimum atomic E-state index is -0.380. The molecule has 0 aliphatic rings. The highest BCUT2D eigenvalue weighted by Crippen LogP contribution is 2.11. The third-order valence-corrected chi connectivity index (χ3v) is 4.79. The molecule has 0 atom stereocenters. The fourth-order valence-corrected chi connectivity index (χ4v) is 3.06. The molecule has 0 saturated heterocycles. The quantitative estimate of drug-likeness (QED) is 0.656. The van der Waals surface area contributed by atoms with Crippen LogP contribution in [0, 0.1) is 13.8 Å². The zero-order valence-electron chi connectivity index (χ0n) is 17.5. The van der Waals surface area contributed by atoms with Crippen molar-refractivity contribution < 1.29 is 14.3 Å². The number of rotatable bonds is 9. The van der Waals surface area contributed by atoms with E-state index in [-0.39, 0.29) is 23.9 Å². The number of aryl methyl sites for hydroxylation is 2. The molecular weight excluding hydrogens is 370 g/mol. The summed E-state index contributed by atoms with van der Waals surface area (Å²) in [6.07, 6.45) is 0. The molecule has 2 aromatic rings. The average Bonchev–Trinajstić information content (AvgIpc) is 2.68. The van der Waals surface area contributed by atoms with Crippen LogP contribution in [0.3, 0.4) is 0 Å². The highest BCUT2D eigenvalue weighted by molar-refractivity contribution is 5.93. The number of carbonyl (C=O) groups excluding carboxylic acids is 2. The first-order valence-electron chi connectivity index (χ1n) is 9.81. The number of nitrogens with one attached hydrogen (secondary N) is 1. The summed E-state index contributed by atoms with van der Waals surface area (Å²) < 4.78 is 7.08. The molecule has 1 N–H and O–H groups in total. The highest BCUT2D eigenvalue weighted by Gasteiger charge is 2.10. The molecule has 156 valence electrons. The lowest BCUT2D eigenvalue weighted by atomic mass is 10.2. The van der Waals surface area contributed by atoms with Crippen LogP contribution in [0.2, 0.25) is 0 Å². The Kier molecular flexibility index (Phi) is 8.15. The van der Waals surface area contributed by atoms with Crippen LogP contribution in [0.5, 0.6) is 0 Å². The van der Waals surface area contributed by atoms with Gasteiger partial charge in [0.25, 0.3) is 0 Å². The predicted molar refractivity (Wildman–Crippen MR) is 113 cm³/mol. The number of likely N-dealkylation sites (N-methyl/N-ethyl adjacent to an activating group) is 1. The van der Waals surface area contributed by atoms with Crippen LogP contribution in [-0.4, -0.2) is 47.6 Å². The first kappa shape index (κ1) is 22.4. The smallest absolute Gasteiger partial charge is 0.338 e. The third-order valence-electron chi connectivity index (χ3n) is 4.79. The lowest BCUT2D eigenvalue weighted by Crippen LogP contribution is -2.27. The fraction of sp³-hybridized carbons (Fsp3) is 0.409. The van der Waals surface area contributed by atoms with Gasteiger partial charge in [-0.2, -0.15) is 0 Å². The second-order valence-electron chi connectivity index (χ2n) is 6.85. The van der Waals surface area contributed by atoms with Gasteiger partial charge in [0.2, 0.25) is 5.91 Å². The molecule has 1 heterocycles. The van der Waals surface area contributed by atoms with Crippen LogP contribution < -0.4 is 10.7 Å². The summed E-state index contributed by atoms with van der Waals surface area (Å²) in [5.74, 6) is -0.594. The Hall–Kier alpha value is -2.93. The van der Waals surface area contributed by atoms with Crippen molar-refractivity contribution in [3.05, 3.63) is 63.6 Å². The molecule has 1 aromatic heterocycles. The van der Waals surface area contributed by atoms with E-state index in [9.17, 15) is 14.4 Å². The number of amides is 1. The maximum Gasteiger partial charge on any atom is 0.338 e. The average molecular weight is 399 g/mol. The summed E-state index contributed by atoms with van der Waals surface area (Å²) in [6, 6.07) is 9.60. The molecule has 0 unspecified atom stereocenters. The van der Waals surface area contributed by atoms with Crippen molar-refractivity contribution in [2.45, 2.75) is 34.2 Å². The van der Waals surface area contributed by atoms with Gasteiger partial charge < -0.3 is 19.5 Å². The predicted octanol–water partition coefficient (Wildman–Crippen LogP) is 2.60. The van der Waals surface area contributed by atoms with Gasteiger partial charge in [0.05, 0.1) is 5.56 Å². The van der Waals surface area contributed by atoms with E-state index in [1.54, 1.807) is 42.7 Å². The lowest BCUT2D eigenvalue weighted by Gasteiger charge is -2.17. The Balaban J connectivity index is 1.91. The molecule has 29 heavy (non-hydrogen) atoms. The minimum Gasteiger partial charge on any atom is -0.461 e. The van der Waals surface area contributed by atoms with Gasteiger partial charge in [-0.1, -0.05) is 13.8 Å². The van der Waals surface area contributed by atoms with Gasteiger partial charge in [0.1, 0.15) is 13.2 Å². The van der Waals surface area contributed by atoms with E-state index in [0.29, 0.717) is 24.4 Å². The van der Waals surface area contributed by atoms with Crippen molar-refractivity contribution in [3.63, 3.8) is 0 Å². The van der Waals surface area contributed by atoms with E-state index in [1.807, 2.05) is 0 Å². The van der Waals surface area contributed by atoms with Crippen LogP contribution in [0.4, 0.5) is 5.69 Å². The normalized spacial score (nSPS) is 10.8. The number of nitrogens with zero attached hydrogens (tertiary/aromatic N) is 2. The molecule has 0 aliphatic carbocycles. The number of benzene rings is 1. The van der Waals surface area contributed by atoms with Crippen molar-refractivity contribution in [3.8, 4) is 0 Å². The number of hydrogen-bond donors (Lipinski definition) is 1. The van der Waals surface area contributed by atoms with Gasteiger partial charge in [-0.05, 0) is 51.2 Å². The summed E-state index contributed by atoms with van der Waals surface area (Å²) in [5.41, 5.74) is 2.41. The van der Waals surface area contributed by atoms with E-state index in [2.05, 4.69) is 24.1 Å². The molecule has 0 bridgehead atoms. The SMILES string of the molecule is CCN(CC)CCOC(=O)c1ccc(NC(=O)Cn2c(C)cc(=O)cc2C)cc1. The number of esters is 1. The van der Waals surface area contributed by atoms with E-state index in [4.69, 9.17) is 4.74 Å². The molecule has 1 amide bonds. The molecule has 0 spiro atoms. The van der Waals surface area contributed by atoms with Crippen LogP contribution in [-0.2, 0) is 16.1 Å². The number of carbonyl (C=O) groups is 2. The monoisotopic (exact) mass is 399 g/mol. The number of pyridine rings is 1. The van der Waals surface area contributed by atoms with E-state index in [0.717, 1.165) is 24.5 Å². The van der Waals surface area contributed by atoms with Crippen LogP contribution >= 0.6 is 0 Å². The fourth-order valence-electron chi connectivity index (χ4n) is 3.06. The first-order chi connectivity index (χ1) is 13.8. The highest BCUT2D eigenvalue weighted by atomic mass is 16.5. The van der Waals surface area contributed by atoms with Gasteiger partial charge >= 0.3 is 5.97 Å². The Morgan fingerprint density at radius 2 is 1.62 bits per heavy atom. The summed E-state index contributed by atoms with van der Waals surface area (Å²) >= 11 is 0. The summed E-state index contributed by atoms with van der Waals surface area (Å²) in [6.45, 7) is 10.7. The lowest BCUT2D eigenvalue weighted by molar-refractivity contribution is -0.116. The summed E-state index contributed by atoms with van der Waals surface area (Å²) in [4.78, 5) is 38.2. The molecule has 2 rings (SSSR count). The maximum atomic E-state index is 12.3. The van der Waals surface area contributed by atoms with Gasteiger partial charge in [-0.25, -0.2) is 4.79 Å². The van der Waals surface area contributed by atoms with Gasteiger partial charge in [0, 0.05) is 35.8 Å². The number of aromatic nitrogens is 1. The zero-order chi connectivity index (χ0) is 21.4. The van der Waals surface area contributed by atoms with Crippen LogP contribution in [0.25, 0.3) is 0 Å². The number of ether oxygens (including phenoxy) is 1. The standard InChI is InChI=1S/C22H29N3O4/c1-5-24(6-2)11-12-29-22(28)18-7-9-19(10-8-18)23-21(27)15-25-16(3)13-20(26)14-17(25)4/h7-10,13-14H,5-6,11-12,15H2,1-4H3,(H,23,27). The van der Waals surface area contributed by atoms with Gasteiger partial charge in [0.15, 0.2) is 5.43 Å². The Morgan fingerprint density at radius 1 is 1.03 bits per heavy atom. The second-order valence-corrected chi connectivity index (χ2v) is 6.85. The maximum absolute atomic E-state index is 12.3. The van der Waals surface area contributed by atoms with Gasteiger partial charge in [-0.15, -0.1) is 0 Å². The summed E-state index contributed by atoms with van der Waals surface area (Å²) in [5, 5.41) is 2.80. The summed E-state index contributed by atoms with van der Waals surface area (Å²) in [7, 11) is 0. The van der Waals surface area contributed by atoms with Crippen molar-refractivity contribution >= 4 is 17.6 Å². The van der Waals surface area contributed by atoms with Gasteiger partial charge in [-0.3, -0.25) is 9.59 Å². The molecule has 7 heteroatoms. The Labute approximate surface area is 171 Å². The molecule has 1 aromatic carbocycles. The van der Waals surface area contributed by atoms with Crippen LogP contribution in [0.15, 0.2) is 41.2 Å². The van der Waals surface area contributed by atoms with Crippen molar-refractivity contribution in [2.24, 2.45) is 0 Å². The second kappa shape index (κ2) is 10.6. The zero-order valence-corrected chi connectivity index (χ0v) is 17.5.